The largest absolute Gasteiger partial charge is 0.0801 e. The van der Waals surface area contributed by atoms with E-state index in [1.165, 1.54) is 44.5 Å². The van der Waals surface area contributed by atoms with Gasteiger partial charge in [0.1, 0.15) is 0 Å². The Balaban J connectivity index is 1.72. The fraction of sp³-hybridized carbons (Fsp3) is 0.0286. The molecule has 0 bridgehead atoms. The zero-order chi connectivity index (χ0) is 23.7. The summed E-state index contributed by atoms with van der Waals surface area (Å²) < 4.78 is 0. The molecule has 35 heavy (non-hydrogen) atoms. The van der Waals surface area contributed by atoms with E-state index in [0.717, 1.165) is 6.42 Å². The van der Waals surface area contributed by atoms with E-state index in [2.05, 4.69) is 158 Å². The summed E-state index contributed by atoms with van der Waals surface area (Å²) in [7, 11) is 0. The minimum Gasteiger partial charge on any atom is -0.0801 e. The zero-order valence-electron chi connectivity index (χ0n) is 19.7. The minimum absolute atomic E-state index is 0.923. The predicted molar refractivity (Wildman–Crippen MR) is 150 cm³/mol. The first-order valence-corrected chi connectivity index (χ1v) is 12.1. The lowest BCUT2D eigenvalue weighted by molar-refractivity contribution is 1.40. The summed E-state index contributed by atoms with van der Waals surface area (Å²) in [5.41, 5.74) is 9.67. The molecule has 5 rings (SSSR count). The lowest BCUT2D eigenvalue weighted by Gasteiger charge is -2.13. The Hall–Kier alpha value is -4.42. The average Bonchev–Trinajstić information content (AvgIpc) is 3.17. The van der Waals surface area contributed by atoms with Crippen LogP contribution in [0.1, 0.15) is 28.7 Å². The highest BCUT2D eigenvalue weighted by Gasteiger charge is 2.10. The third-order valence-corrected chi connectivity index (χ3v) is 6.14. The van der Waals surface area contributed by atoms with Gasteiger partial charge in [0.25, 0.3) is 0 Å². The van der Waals surface area contributed by atoms with Crippen LogP contribution in [0.25, 0.3) is 11.1 Å². The van der Waals surface area contributed by atoms with Gasteiger partial charge in [-0.25, -0.2) is 0 Å². The van der Waals surface area contributed by atoms with Crippen molar-refractivity contribution in [3.05, 3.63) is 191 Å². The fourth-order valence-electron chi connectivity index (χ4n) is 4.37. The molecule has 1 aliphatic carbocycles. The first-order valence-electron chi connectivity index (χ1n) is 12.1. The van der Waals surface area contributed by atoms with Crippen molar-refractivity contribution < 1.29 is 0 Å². The highest BCUT2D eigenvalue weighted by Crippen LogP contribution is 2.30. The first-order chi connectivity index (χ1) is 17.4. The van der Waals surface area contributed by atoms with Crippen molar-refractivity contribution in [2.24, 2.45) is 0 Å². The molecule has 0 amide bonds. The fourth-order valence-corrected chi connectivity index (χ4v) is 4.37. The van der Waals surface area contributed by atoms with Gasteiger partial charge in [-0.2, -0.15) is 0 Å². The van der Waals surface area contributed by atoms with Gasteiger partial charge in [-0.05, 0) is 63.1 Å². The topological polar surface area (TPSA) is 0 Å². The van der Waals surface area contributed by atoms with Gasteiger partial charge >= 0.3 is 0 Å². The van der Waals surface area contributed by atoms with Crippen molar-refractivity contribution in [3.63, 3.8) is 0 Å². The second kappa shape index (κ2) is 11.1. The molecule has 0 saturated carbocycles. The molecule has 0 unspecified atom stereocenters. The molecule has 0 atom stereocenters. The van der Waals surface area contributed by atoms with Crippen molar-refractivity contribution in [1.82, 2.24) is 0 Å². The standard InChI is InChI=1S/C35H28/c1-6-16-28(17-7-1)34(29-18-8-2-9-19-29)26-32-24-14-5-15-25-33(32)27-35(30-20-10-3-11-21-30)31-22-12-4-13-23-31/h1-4,6-27H,5H2. The van der Waals surface area contributed by atoms with Gasteiger partial charge in [-0.3, -0.25) is 0 Å². The summed E-state index contributed by atoms with van der Waals surface area (Å²) >= 11 is 0. The van der Waals surface area contributed by atoms with Crippen LogP contribution < -0.4 is 0 Å². The van der Waals surface area contributed by atoms with E-state index in [-0.39, 0.29) is 0 Å². The highest BCUT2D eigenvalue weighted by atomic mass is 14.1. The van der Waals surface area contributed by atoms with E-state index in [1.807, 2.05) is 0 Å². The number of benzene rings is 4. The normalized spacial score (nSPS) is 12.7. The smallest absolute Gasteiger partial charge is 0.0105 e. The molecule has 0 nitrogen and oxygen atoms in total. The Bertz CT molecular complexity index is 1200. The van der Waals surface area contributed by atoms with Crippen LogP contribution in [-0.4, -0.2) is 0 Å². The molecular formula is C35H28. The molecule has 0 heterocycles. The predicted octanol–water partition coefficient (Wildman–Crippen LogP) is 9.06. The van der Waals surface area contributed by atoms with Crippen molar-refractivity contribution >= 4 is 11.1 Å². The van der Waals surface area contributed by atoms with Crippen LogP contribution in [0.15, 0.2) is 169 Å². The van der Waals surface area contributed by atoms with Gasteiger partial charge in [0.2, 0.25) is 0 Å². The molecule has 0 fully saturated rings. The Morgan fingerprint density at radius 1 is 0.400 bits per heavy atom. The Kier molecular flexibility index (Phi) is 7.12. The number of allylic oxidation sites excluding steroid dienone is 8. The number of rotatable bonds is 6. The maximum atomic E-state index is 2.33. The summed E-state index contributed by atoms with van der Waals surface area (Å²) in [6.07, 6.45) is 14.6. The minimum atomic E-state index is 0.923. The Labute approximate surface area is 208 Å². The van der Waals surface area contributed by atoms with Crippen LogP contribution in [0.2, 0.25) is 0 Å². The summed E-state index contributed by atoms with van der Waals surface area (Å²) in [6.45, 7) is 0. The second-order valence-corrected chi connectivity index (χ2v) is 8.53. The number of hydrogen-bond acceptors (Lipinski definition) is 0. The number of hydrogen-bond donors (Lipinski definition) is 0. The molecule has 0 heteroatoms. The van der Waals surface area contributed by atoms with Crippen LogP contribution in [-0.2, 0) is 0 Å². The van der Waals surface area contributed by atoms with Crippen molar-refractivity contribution in [3.8, 4) is 0 Å². The lowest BCUT2D eigenvalue weighted by atomic mass is 9.91. The van der Waals surface area contributed by atoms with Gasteiger partial charge in [0, 0.05) is 0 Å². The molecule has 4 aromatic rings. The molecule has 0 saturated heterocycles. The molecule has 0 aliphatic heterocycles. The summed E-state index contributed by atoms with van der Waals surface area (Å²) in [4.78, 5) is 0. The Morgan fingerprint density at radius 2 is 0.686 bits per heavy atom. The van der Waals surface area contributed by atoms with Crippen molar-refractivity contribution in [2.45, 2.75) is 6.42 Å². The van der Waals surface area contributed by atoms with E-state index in [9.17, 15) is 0 Å². The monoisotopic (exact) mass is 448 g/mol. The maximum Gasteiger partial charge on any atom is -0.0105 e. The van der Waals surface area contributed by atoms with Crippen LogP contribution in [0.5, 0.6) is 0 Å². The second-order valence-electron chi connectivity index (χ2n) is 8.53. The Morgan fingerprint density at radius 3 is 0.971 bits per heavy atom. The molecule has 1 aliphatic rings. The van der Waals surface area contributed by atoms with Gasteiger partial charge in [0.15, 0.2) is 0 Å². The average molecular weight is 449 g/mol. The zero-order valence-corrected chi connectivity index (χ0v) is 19.7. The molecule has 168 valence electrons. The van der Waals surface area contributed by atoms with Crippen LogP contribution in [0.3, 0.4) is 0 Å². The summed E-state index contributed by atoms with van der Waals surface area (Å²) in [5.74, 6) is 0. The maximum absolute atomic E-state index is 2.33. The summed E-state index contributed by atoms with van der Waals surface area (Å²) in [6, 6.07) is 42.6. The molecule has 0 aromatic heterocycles. The third kappa shape index (κ3) is 5.57. The van der Waals surface area contributed by atoms with Gasteiger partial charge in [0.05, 0.1) is 0 Å². The molecule has 4 aromatic carbocycles. The summed E-state index contributed by atoms with van der Waals surface area (Å²) in [5, 5.41) is 0. The highest BCUT2D eigenvalue weighted by molar-refractivity contribution is 5.85. The van der Waals surface area contributed by atoms with Crippen LogP contribution in [0.4, 0.5) is 0 Å². The quantitative estimate of drug-likeness (QED) is 0.276. The van der Waals surface area contributed by atoms with Gasteiger partial charge < -0.3 is 0 Å². The van der Waals surface area contributed by atoms with E-state index in [1.54, 1.807) is 0 Å². The van der Waals surface area contributed by atoms with E-state index in [0.29, 0.717) is 0 Å². The molecule has 0 spiro atoms. The molecular weight excluding hydrogens is 420 g/mol. The molecule has 0 radical (unpaired) electrons. The van der Waals surface area contributed by atoms with E-state index in [4.69, 9.17) is 0 Å². The third-order valence-electron chi connectivity index (χ3n) is 6.14. The van der Waals surface area contributed by atoms with E-state index >= 15 is 0 Å². The lowest BCUT2D eigenvalue weighted by Crippen LogP contribution is -1.92. The van der Waals surface area contributed by atoms with Crippen LogP contribution >= 0.6 is 0 Å². The SMILES string of the molecule is C1=CC(C=C(c2ccccc2)c2ccccc2)=C(C=C(c2ccccc2)c2ccccc2)C=CC1. The van der Waals surface area contributed by atoms with Crippen molar-refractivity contribution in [2.75, 3.05) is 0 Å². The first kappa shape index (κ1) is 22.4. The van der Waals surface area contributed by atoms with Crippen molar-refractivity contribution in [1.29, 1.82) is 0 Å². The van der Waals surface area contributed by atoms with E-state index < -0.39 is 0 Å². The van der Waals surface area contributed by atoms with Gasteiger partial charge in [-0.1, -0.05) is 146 Å². The van der Waals surface area contributed by atoms with Gasteiger partial charge in [-0.15, -0.1) is 0 Å². The van der Waals surface area contributed by atoms with Crippen LogP contribution in [0, 0.1) is 0 Å². The molecule has 0 N–H and O–H groups in total.